The SMILES string of the molecule is O=[N+]([O-])c1ccc(CN(Cc2ccccc2)[C@@H]2CS(=O)(=O)C[C@@H]2O)cc1. The predicted octanol–water partition coefficient (Wildman–Crippen LogP) is 1.75. The minimum Gasteiger partial charge on any atom is -0.390 e. The van der Waals surface area contributed by atoms with Crippen molar-refractivity contribution in [1.82, 2.24) is 4.90 Å². The molecule has 1 heterocycles. The Kier molecular flexibility index (Phi) is 5.36. The van der Waals surface area contributed by atoms with Crippen LogP contribution in [0.4, 0.5) is 5.69 Å². The molecule has 0 amide bonds. The first-order valence-electron chi connectivity index (χ1n) is 8.24. The summed E-state index contributed by atoms with van der Waals surface area (Å²) in [6.45, 7) is 0.874. The number of nitrogens with zero attached hydrogens (tertiary/aromatic N) is 2. The molecule has 0 aliphatic carbocycles. The fraction of sp³-hybridized carbons (Fsp3) is 0.333. The van der Waals surface area contributed by atoms with Crippen LogP contribution in [-0.2, 0) is 22.9 Å². The molecule has 1 fully saturated rings. The molecule has 0 saturated carbocycles. The summed E-state index contributed by atoms with van der Waals surface area (Å²) in [5.74, 6) is -0.322. The number of hydrogen-bond acceptors (Lipinski definition) is 6. The van der Waals surface area contributed by atoms with Crippen LogP contribution in [0.15, 0.2) is 54.6 Å². The van der Waals surface area contributed by atoms with Gasteiger partial charge in [-0.25, -0.2) is 8.42 Å². The van der Waals surface area contributed by atoms with E-state index in [2.05, 4.69) is 0 Å². The molecule has 26 heavy (non-hydrogen) atoms. The number of hydrogen-bond donors (Lipinski definition) is 1. The fourth-order valence-corrected chi connectivity index (χ4v) is 5.06. The van der Waals surface area contributed by atoms with E-state index in [4.69, 9.17) is 0 Å². The second-order valence-corrected chi connectivity index (χ2v) is 8.68. The molecule has 138 valence electrons. The maximum Gasteiger partial charge on any atom is 0.269 e. The van der Waals surface area contributed by atoms with Gasteiger partial charge in [-0.3, -0.25) is 15.0 Å². The van der Waals surface area contributed by atoms with Crippen LogP contribution in [0.25, 0.3) is 0 Å². The van der Waals surface area contributed by atoms with Gasteiger partial charge < -0.3 is 5.11 Å². The van der Waals surface area contributed by atoms with Gasteiger partial charge in [0.05, 0.1) is 28.6 Å². The van der Waals surface area contributed by atoms with Gasteiger partial charge in [-0.15, -0.1) is 0 Å². The molecule has 0 bridgehead atoms. The van der Waals surface area contributed by atoms with Gasteiger partial charge in [0.15, 0.2) is 9.84 Å². The summed E-state index contributed by atoms with van der Waals surface area (Å²) in [6, 6.07) is 15.3. The molecule has 1 aliphatic heterocycles. The van der Waals surface area contributed by atoms with Crippen molar-refractivity contribution in [2.24, 2.45) is 0 Å². The first-order chi connectivity index (χ1) is 12.3. The van der Waals surface area contributed by atoms with Crippen molar-refractivity contribution in [1.29, 1.82) is 0 Å². The highest BCUT2D eigenvalue weighted by Gasteiger charge is 2.39. The lowest BCUT2D eigenvalue weighted by atomic mass is 10.1. The normalized spacial score (nSPS) is 21.8. The lowest BCUT2D eigenvalue weighted by Crippen LogP contribution is -2.42. The average molecular weight is 376 g/mol. The summed E-state index contributed by atoms with van der Waals surface area (Å²) in [4.78, 5) is 12.3. The van der Waals surface area contributed by atoms with Gasteiger partial charge in [0.25, 0.3) is 5.69 Å². The van der Waals surface area contributed by atoms with Crippen LogP contribution in [0.1, 0.15) is 11.1 Å². The van der Waals surface area contributed by atoms with Crippen molar-refractivity contribution < 1.29 is 18.4 Å². The fourth-order valence-electron chi connectivity index (χ4n) is 3.23. The number of rotatable bonds is 6. The third-order valence-corrected chi connectivity index (χ3v) is 6.22. The predicted molar refractivity (Wildman–Crippen MR) is 97.2 cm³/mol. The van der Waals surface area contributed by atoms with Crippen LogP contribution >= 0.6 is 0 Å². The van der Waals surface area contributed by atoms with Crippen molar-refractivity contribution in [3.05, 3.63) is 75.8 Å². The Bertz CT molecular complexity index is 868. The lowest BCUT2D eigenvalue weighted by Gasteiger charge is -2.30. The first kappa shape index (κ1) is 18.5. The molecule has 3 rings (SSSR count). The smallest absolute Gasteiger partial charge is 0.269 e. The van der Waals surface area contributed by atoms with Gasteiger partial charge in [-0.05, 0) is 11.1 Å². The Morgan fingerprint density at radius 2 is 1.58 bits per heavy atom. The molecule has 2 aromatic rings. The molecule has 1 saturated heterocycles. The number of aliphatic hydroxyl groups is 1. The third kappa shape index (κ3) is 4.46. The Morgan fingerprint density at radius 1 is 1.00 bits per heavy atom. The van der Waals surface area contributed by atoms with Crippen LogP contribution in [0.3, 0.4) is 0 Å². The Morgan fingerprint density at radius 3 is 2.08 bits per heavy atom. The van der Waals surface area contributed by atoms with E-state index < -0.39 is 26.9 Å². The van der Waals surface area contributed by atoms with Gasteiger partial charge in [-0.2, -0.15) is 0 Å². The summed E-state index contributed by atoms with van der Waals surface area (Å²) < 4.78 is 23.8. The summed E-state index contributed by atoms with van der Waals surface area (Å²) >= 11 is 0. The zero-order chi connectivity index (χ0) is 18.7. The van der Waals surface area contributed by atoms with E-state index >= 15 is 0 Å². The number of aliphatic hydroxyl groups excluding tert-OH is 1. The molecule has 1 N–H and O–H groups in total. The van der Waals surface area contributed by atoms with Crippen molar-refractivity contribution >= 4 is 15.5 Å². The quantitative estimate of drug-likeness (QED) is 0.609. The van der Waals surface area contributed by atoms with Gasteiger partial charge in [0.2, 0.25) is 0 Å². The minimum absolute atomic E-state index is 0.00633. The van der Waals surface area contributed by atoms with Crippen molar-refractivity contribution in [2.45, 2.75) is 25.2 Å². The summed E-state index contributed by atoms with van der Waals surface area (Å²) in [6.07, 6.45) is -0.943. The van der Waals surface area contributed by atoms with Gasteiger partial charge in [0, 0.05) is 25.2 Å². The van der Waals surface area contributed by atoms with Crippen LogP contribution in [-0.4, -0.2) is 47.0 Å². The number of nitro groups is 1. The Labute approximate surface area is 152 Å². The molecule has 0 aromatic heterocycles. The van der Waals surface area contributed by atoms with Crippen molar-refractivity contribution in [2.75, 3.05) is 11.5 Å². The molecular weight excluding hydrogens is 356 g/mol. The van der Waals surface area contributed by atoms with Crippen LogP contribution in [0, 0.1) is 10.1 Å². The molecule has 1 aliphatic rings. The molecule has 0 spiro atoms. The molecule has 7 nitrogen and oxygen atoms in total. The second kappa shape index (κ2) is 7.53. The highest BCUT2D eigenvalue weighted by atomic mass is 32.2. The van der Waals surface area contributed by atoms with Crippen LogP contribution in [0.2, 0.25) is 0 Å². The van der Waals surface area contributed by atoms with E-state index in [-0.39, 0.29) is 17.2 Å². The molecule has 2 atom stereocenters. The summed E-state index contributed by atoms with van der Waals surface area (Å²) in [5.41, 5.74) is 1.83. The Hall–Kier alpha value is -2.29. The largest absolute Gasteiger partial charge is 0.390 e. The number of nitro benzene ring substituents is 1. The number of non-ortho nitro benzene ring substituents is 1. The zero-order valence-electron chi connectivity index (χ0n) is 14.1. The molecule has 0 radical (unpaired) electrons. The van der Waals surface area contributed by atoms with E-state index in [1.54, 1.807) is 12.1 Å². The molecular formula is C18H20N2O5S. The zero-order valence-corrected chi connectivity index (χ0v) is 14.9. The highest BCUT2D eigenvalue weighted by Crippen LogP contribution is 2.23. The van der Waals surface area contributed by atoms with Gasteiger partial charge in [0.1, 0.15) is 0 Å². The van der Waals surface area contributed by atoms with E-state index in [9.17, 15) is 23.6 Å². The van der Waals surface area contributed by atoms with E-state index in [1.807, 2.05) is 35.2 Å². The van der Waals surface area contributed by atoms with E-state index in [0.717, 1.165) is 11.1 Å². The van der Waals surface area contributed by atoms with Crippen molar-refractivity contribution in [3.8, 4) is 0 Å². The standard InChI is InChI=1S/C18H20N2O5S/c21-18-13-26(24,25)12-17(18)19(10-14-4-2-1-3-5-14)11-15-6-8-16(9-7-15)20(22)23/h1-9,17-18,21H,10-13H2/t17-,18+/m1/s1. The molecule has 2 aromatic carbocycles. The number of benzene rings is 2. The average Bonchev–Trinajstić information content (AvgIpc) is 2.88. The van der Waals surface area contributed by atoms with E-state index in [1.165, 1.54) is 12.1 Å². The monoisotopic (exact) mass is 376 g/mol. The molecule has 0 unspecified atom stereocenters. The van der Waals surface area contributed by atoms with Gasteiger partial charge in [-0.1, -0.05) is 42.5 Å². The maximum absolute atomic E-state index is 11.9. The molecule has 8 heteroatoms. The maximum atomic E-state index is 11.9. The Balaban J connectivity index is 1.84. The number of sulfone groups is 1. The highest BCUT2D eigenvalue weighted by molar-refractivity contribution is 7.91. The van der Waals surface area contributed by atoms with Crippen LogP contribution in [0.5, 0.6) is 0 Å². The van der Waals surface area contributed by atoms with Crippen molar-refractivity contribution in [3.63, 3.8) is 0 Å². The van der Waals surface area contributed by atoms with E-state index in [0.29, 0.717) is 13.1 Å². The lowest BCUT2D eigenvalue weighted by molar-refractivity contribution is -0.384. The summed E-state index contributed by atoms with van der Waals surface area (Å²) in [5, 5.41) is 21.1. The summed E-state index contributed by atoms with van der Waals surface area (Å²) in [7, 11) is -3.27. The van der Waals surface area contributed by atoms with Gasteiger partial charge >= 0.3 is 0 Å². The third-order valence-electron chi connectivity index (χ3n) is 4.52. The topological polar surface area (TPSA) is 101 Å². The second-order valence-electron chi connectivity index (χ2n) is 6.53. The minimum atomic E-state index is -3.27. The first-order valence-corrected chi connectivity index (χ1v) is 10.1. The van der Waals surface area contributed by atoms with Crippen LogP contribution < -0.4 is 0 Å².